The quantitative estimate of drug-likeness (QED) is 0.263. The molecule has 1 aliphatic rings. The fourth-order valence-corrected chi connectivity index (χ4v) is 0.548. The molecule has 1 heterocycles. The molecule has 0 saturated heterocycles. The molecule has 0 bridgehead atoms. The molecule has 0 atom stereocenters. The highest BCUT2D eigenvalue weighted by atomic mass is 15.2. The number of amidine groups is 2. The Bertz CT molecular complexity index is 219. The summed E-state index contributed by atoms with van der Waals surface area (Å²) < 4.78 is 0. The van der Waals surface area contributed by atoms with E-state index >= 15 is 0 Å². The number of aliphatic imine (C=N–C) groups is 2. The maximum Gasteiger partial charge on any atom is 0.127 e. The zero-order valence-corrected chi connectivity index (χ0v) is 4.94. The van der Waals surface area contributed by atoms with Crippen LogP contribution in [0.5, 0.6) is 0 Å². The molecule has 0 aromatic rings. The summed E-state index contributed by atoms with van der Waals surface area (Å²) >= 11 is 0. The van der Waals surface area contributed by atoms with E-state index in [0.29, 0.717) is 18.2 Å². The molecule has 46 valence electrons. The molecule has 0 aromatic carbocycles. The molecule has 0 amide bonds. The summed E-state index contributed by atoms with van der Waals surface area (Å²) in [6.07, 6.45) is 0. The van der Waals surface area contributed by atoms with Crippen molar-refractivity contribution in [3.8, 4) is 0 Å². The maximum absolute atomic E-state index is 7.94. The third-order valence-corrected chi connectivity index (χ3v) is 0.900. The second-order valence-corrected chi connectivity index (χ2v) is 1.58. The van der Waals surface area contributed by atoms with Crippen LogP contribution in [0.1, 0.15) is 6.92 Å². The topological polar surface area (TPSA) is 73.5 Å². The molecule has 0 aliphatic carbocycles. The van der Waals surface area contributed by atoms with Crippen molar-refractivity contribution in [3.05, 3.63) is 10.4 Å². The van der Waals surface area contributed by atoms with E-state index in [0.717, 1.165) is 0 Å². The van der Waals surface area contributed by atoms with Crippen molar-refractivity contribution in [2.75, 3.05) is 6.54 Å². The zero-order chi connectivity index (χ0) is 6.69. The summed E-state index contributed by atoms with van der Waals surface area (Å²) in [6, 6.07) is 0. The fourth-order valence-electron chi connectivity index (χ4n) is 0.548. The van der Waals surface area contributed by atoms with Crippen LogP contribution in [0.25, 0.3) is 10.4 Å². The Morgan fingerprint density at radius 2 is 2.56 bits per heavy atom. The molecule has 1 rings (SSSR count). The average molecular weight is 123 g/mol. The Kier molecular flexibility index (Phi) is 1.46. The van der Waals surface area contributed by atoms with E-state index in [4.69, 9.17) is 5.53 Å². The van der Waals surface area contributed by atoms with Gasteiger partial charge < -0.3 is 0 Å². The minimum atomic E-state index is 0.426. The lowest BCUT2D eigenvalue weighted by molar-refractivity contribution is 1.30. The first-order chi connectivity index (χ1) is 4.33. The molecule has 5 nitrogen and oxygen atoms in total. The van der Waals surface area contributed by atoms with Gasteiger partial charge in [0.1, 0.15) is 11.7 Å². The van der Waals surface area contributed by atoms with Crippen molar-refractivity contribution in [2.45, 2.75) is 6.92 Å². The smallest absolute Gasteiger partial charge is 0.127 e. The first-order valence-electron chi connectivity index (χ1n) is 2.46. The maximum atomic E-state index is 7.94. The molecule has 9 heavy (non-hydrogen) atoms. The summed E-state index contributed by atoms with van der Waals surface area (Å²) in [7, 11) is 0. The number of nitrogens with zero attached hydrogens (tertiary/aromatic N) is 5. The summed E-state index contributed by atoms with van der Waals surface area (Å²) in [5.74, 6) is 1.13. The van der Waals surface area contributed by atoms with Crippen LogP contribution in [-0.4, -0.2) is 18.2 Å². The molecule has 0 radical (unpaired) electrons. The summed E-state index contributed by atoms with van der Waals surface area (Å²) in [5, 5.41) is 3.29. The Labute approximate surface area is 51.8 Å². The predicted octanol–water partition coefficient (Wildman–Crippen LogP) is 1.13. The highest BCUT2D eigenvalue weighted by Gasteiger charge is 2.01. The molecule has 0 aromatic heterocycles. The van der Waals surface area contributed by atoms with Gasteiger partial charge in [-0.2, -0.15) is 0 Å². The molecular weight excluding hydrogens is 118 g/mol. The molecule has 0 unspecified atom stereocenters. The fraction of sp³-hybridized carbons (Fsp3) is 0.500. The molecule has 0 saturated carbocycles. The van der Waals surface area contributed by atoms with E-state index in [9.17, 15) is 0 Å². The van der Waals surface area contributed by atoms with Gasteiger partial charge in [-0.3, -0.25) is 4.99 Å². The van der Waals surface area contributed by atoms with Crippen LogP contribution in [0.3, 0.4) is 0 Å². The summed E-state index contributed by atoms with van der Waals surface area (Å²) in [5.41, 5.74) is 7.94. The van der Waals surface area contributed by atoms with Gasteiger partial charge in [-0.05, 0) is 17.6 Å². The standard InChI is InChI=1S/C4H5N5/c1-3-6-2-4(7-3)8-9-5/h2H2,1H3. The highest BCUT2D eigenvalue weighted by molar-refractivity contribution is 6.02. The Balaban J connectivity index is 2.71. The van der Waals surface area contributed by atoms with Gasteiger partial charge in [0.2, 0.25) is 0 Å². The lowest BCUT2D eigenvalue weighted by Crippen LogP contribution is -1.90. The molecule has 5 heteroatoms. The molecule has 0 N–H and O–H groups in total. The second kappa shape index (κ2) is 2.28. The number of azide groups is 1. The van der Waals surface area contributed by atoms with Crippen LogP contribution in [0.4, 0.5) is 0 Å². The van der Waals surface area contributed by atoms with E-state index in [2.05, 4.69) is 20.0 Å². The zero-order valence-electron chi connectivity index (χ0n) is 4.94. The van der Waals surface area contributed by atoms with Crippen LogP contribution in [-0.2, 0) is 0 Å². The van der Waals surface area contributed by atoms with Crippen LogP contribution < -0.4 is 0 Å². The van der Waals surface area contributed by atoms with Crippen molar-refractivity contribution in [1.29, 1.82) is 0 Å². The first kappa shape index (κ1) is 5.78. The van der Waals surface area contributed by atoms with Crippen LogP contribution in [0.2, 0.25) is 0 Å². The Morgan fingerprint density at radius 1 is 1.78 bits per heavy atom. The predicted molar refractivity (Wildman–Crippen MR) is 34.6 cm³/mol. The van der Waals surface area contributed by atoms with E-state index < -0.39 is 0 Å². The first-order valence-corrected chi connectivity index (χ1v) is 2.46. The van der Waals surface area contributed by atoms with Gasteiger partial charge >= 0.3 is 0 Å². The van der Waals surface area contributed by atoms with Crippen LogP contribution in [0.15, 0.2) is 15.1 Å². The van der Waals surface area contributed by atoms with Gasteiger partial charge in [0, 0.05) is 4.91 Å². The molecule has 0 spiro atoms. The normalized spacial score (nSPS) is 16.1. The van der Waals surface area contributed by atoms with Gasteiger partial charge in [0.05, 0.1) is 6.54 Å². The van der Waals surface area contributed by atoms with E-state index in [1.165, 1.54) is 0 Å². The van der Waals surface area contributed by atoms with Crippen molar-refractivity contribution < 1.29 is 0 Å². The van der Waals surface area contributed by atoms with Gasteiger partial charge in [-0.15, -0.1) is 0 Å². The summed E-state index contributed by atoms with van der Waals surface area (Å²) in [6.45, 7) is 2.19. The Morgan fingerprint density at radius 3 is 3.00 bits per heavy atom. The molecule has 0 fully saturated rings. The minimum absolute atomic E-state index is 0.426. The largest absolute Gasteiger partial charge is 0.264 e. The number of hydrogen-bond acceptors (Lipinski definition) is 3. The van der Waals surface area contributed by atoms with E-state index in [-0.39, 0.29) is 0 Å². The highest BCUT2D eigenvalue weighted by Crippen LogP contribution is 1.95. The van der Waals surface area contributed by atoms with E-state index in [1.54, 1.807) is 6.92 Å². The lowest BCUT2D eigenvalue weighted by Gasteiger charge is -1.77. The molecular formula is C4H5N5. The van der Waals surface area contributed by atoms with Crippen molar-refractivity contribution in [1.82, 2.24) is 0 Å². The van der Waals surface area contributed by atoms with Crippen LogP contribution in [0, 0.1) is 0 Å². The lowest BCUT2D eigenvalue weighted by atomic mass is 10.6. The number of hydrogen-bond donors (Lipinski definition) is 0. The Hall–Kier alpha value is -1.35. The SMILES string of the molecule is CC1=NCC(N=[N+]=[N-])=N1. The van der Waals surface area contributed by atoms with E-state index in [1.807, 2.05) is 0 Å². The van der Waals surface area contributed by atoms with Crippen molar-refractivity contribution >= 4 is 11.7 Å². The van der Waals surface area contributed by atoms with Gasteiger partial charge in [-0.25, -0.2) is 4.99 Å². The van der Waals surface area contributed by atoms with Gasteiger partial charge in [0.15, 0.2) is 0 Å². The van der Waals surface area contributed by atoms with Crippen molar-refractivity contribution in [2.24, 2.45) is 15.1 Å². The number of rotatable bonds is 0. The molecule has 1 aliphatic heterocycles. The third kappa shape index (κ3) is 1.27. The second-order valence-electron chi connectivity index (χ2n) is 1.58. The monoisotopic (exact) mass is 123 g/mol. The average Bonchev–Trinajstić information content (AvgIpc) is 2.17. The van der Waals surface area contributed by atoms with Crippen molar-refractivity contribution in [3.63, 3.8) is 0 Å². The van der Waals surface area contributed by atoms with Gasteiger partial charge in [0.25, 0.3) is 0 Å². The van der Waals surface area contributed by atoms with Gasteiger partial charge in [-0.1, -0.05) is 0 Å². The summed E-state index contributed by atoms with van der Waals surface area (Å²) in [4.78, 5) is 10.3. The minimum Gasteiger partial charge on any atom is -0.264 e. The third-order valence-electron chi connectivity index (χ3n) is 0.900. The van der Waals surface area contributed by atoms with Crippen LogP contribution >= 0.6 is 0 Å².